The van der Waals surface area contributed by atoms with Crippen molar-refractivity contribution < 1.29 is 14.5 Å². The van der Waals surface area contributed by atoms with Crippen molar-refractivity contribution in [2.75, 3.05) is 6.54 Å². The number of rotatable bonds is 0. The third-order valence-corrected chi connectivity index (χ3v) is 3.74. The molecule has 2 aliphatic rings. The van der Waals surface area contributed by atoms with Crippen LogP contribution in [-0.4, -0.2) is 30.2 Å². The average Bonchev–Trinajstić information content (AvgIpc) is 2.23. The number of hydrogen-bond acceptors (Lipinski definition) is 4. The van der Waals surface area contributed by atoms with Crippen LogP contribution in [0.2, 0.25) is 6.32 Å². The van der Waals surface area contributed by atoms with Crippen molar-refractivity contribution in [2.45, 2.75) is 50.9 Å². The normalized spacial score (nSPS) is 36.8. The van der Waals surface area contributed by atoms with Crippen LogP contribution in [0.25, 0.3) is 0 Å². The minimum Gasteiger partial charge on any atom is -0.508 e. The van der Waals surface area contributed by atoms with E-state index in [1.54, 1.807) is 0 Å². The third kappa shape index (κ3) is 2.41. The minimum atomic E-state index is -0.913. The first-order valence-electron chi connectivity index (χ1n) is 6.26. The molecule has 4 nitrogen and oxygen atoms in total. The molecule has 1 spiro atoms. The highest BCUT2D eigenvalue weighted by Gasteiger charge is 2.44. The maximum atomic E-state index is 12.1. The van der Waals surface area contributed by atoms with E-state index < -0.39 is 12.7 Å². The van der Waals surface area contributed by atoms with E-state index in [0.29, 0.717) is 12.2 Å². The second-order valence-electron chi connectivity index (χ2n) is 5.21. The minimum absolute atomic E-state index is 0.258. The summed E-state index contributed by atoms with van der Waals surface area (Å²) in [6.07, 6.45) is 5.24. The predicted octanol–water partition coefficient (Wildman–Crippen LogP) is 0.952. The monoisotopic (exact) mass is 225 g/mol. The van der Waals surface area contributed by atoms with Gasteiger partial charge in [0.2, 0.25) is 0 Å². The van der Waals surface area contributed by atoms with Crippen molar-refractivity contribution in [1.82, 2.24) is 5.32 Å². The van der Waals surface area contributed by atoms with Gasteiger partial charge in [0.15, 0.2) is 0 Å². The van der Waals surface area contributed by atoms with Crippen LogP contribution in [0.1, 0.15) is 39.0 Å². The van der Waals surface area contributed by atoms with Gasteiger partial charge in [0.05, 0.1) is 0 Å². The largest absolute Gasteiger partial charge is 0.524 e. The van der Waals surface area contributed by atoms with Gasteiger partial charge in [-0.2, -0.15) is 0 Å². The lowest BCUT2D eigenvalue weighted by molar-refractivity contribution is -0.146. The summed E-state index contributed by atoms with van der Waals surface area (Å²) in [5, 5.41) is 12.8. The van der Waals surface area contributed by atoms with Gasteiger partial charge < -0.3 is 15.0 Å². The molecule has 0 bridgehead atoms. The summed E-state index contributed by atoms with van der Waals surface area (Å²) < 4.78 is 5.09. The zero-order valence-electron chi connectivity index (χ0n) is 9.87. The van der Waals surface area contributed by atoms with Crippen molar-refractivity contribution in [3.8, 4) is 0 Å². The van der Waals surface area contributed by atoms with Gasteiger partial charge in [-0.3, -0.25) is 4.79 Å². The molecule has 2 fully saturated rings. The summed E-state index contributed by atoms with van der Waals surface area (Å²) >= 11 is 0. The van der Waals surface area contributed by atoms with E-state index in [4.69, 9.17) is 4.65 Å². The van der Waals surface area contributed by atoms with Crippen LogP contribution in [0.3, 0.4) is 0 Å². The molecule has 2 heterocycles. The first-order chi connectivity index (χ1) is 7.62. The van der Waals surface area contributed by atoms with Crippen LogP contribution in [0.15, 0.2) is 0 Å². The van der Waals surface area contributed by atoms with E-state index >= 15 is 0 Å². The summed E-state index contributed by atoms with van der Waals surface area (Å²) in [4.78, 5) is 12.1. The Balaban J connectivity index is 2.12. The van der Waals surface area contributed by atoms with Crippen LogP contribution < -0.4 is 5.32 Å². The Bertz CT molecular complexity index is 274. The third-order valence-electron chi connectivity index (χ3n) is 3.74. The molecule has 16 heavy (non-hydrogen) atoms. The molecule has 0 saturated carbocycles. The Labute approximate surface area is 96.9 Å². The van der Waals surface area contributed by atoms with E-state index in [1.807, 2.05) is 0 Å². The van der Waals surface area contributed by atoms with Gasteiger partial charge in [0.25, 0.3) is 0 Å². The van der Waals surface area contributed by atoms with E-state index in [2.05, 4.69) is 12.2 Å². The SMILES string of the molecule is C[C@H]1CCN[C@]2(CCCCB(O)OC2=O)C1. The van der Waals surface area contributed by atoms with E-state index in [-0.39, 0.29) is 5.97 Å². The Morgan fingerprint density at radius 3 is 3.12 bits per heavy atom. The number of piperidine rings is 1. The maximum absolute atomic E-state index is 12.1. The van der Waals surface area contributed by atoms with Gasteiger partial charge >= 0.3 is 13.1 Å². The molecule has 0 amide bonds. The van der Waals surface area contributed by atoms with Gasteiger partial charge in [0.1, 0.15) is 5.54 Å². The zero-order chi connectivity index (χ0) is 11.6. The lowest BCUT2D eigenvalue weighted by atomic mass is 9.74. The fraction of sp³-hybridized carbons (Fsp3) is 0.909. The Morgan fingerprint density at radius 1 is 1.56 bits per heavy atom. The molecule has 2 aliphatic heterocycles. The Morgan fingerprint density at radius 2 is 2.38 bits per heavy atom. The fourth-order valence-electron chi connectivity index (χ4n) is 2.82. The molecule has 5 heteroatoms. The van der Waals surface area contributed by atoms with Crippen molar-refractivity contribution in [3.63, 3.8) is 0 Å². The highest BCUT2D eigenvalue weighted by atomic mass is 16.6. The van der Waals surface area contributed by atoms with Crippen molar-refractivity contribution >= 4 is 13.1 Å². The molecular formula is C11H20BNO3. The van der Waals surface area contributed by atoms with Crippen molar-refractivity contribution in [1.29, 1.82) is 0 Å². The molecule has 2 rings (SSSR count). The lowest BCUT2D eigenvalue weighted by Crippen LogP contribution is -2.58. The maximum Gasteiger partial charge on any atom is 0.524 e. The van der Waals surface area contributed by atoms with Crippen LogP contribution in [0.5, 0.6) is 0 Å². The number of carbonyl (C=O) groups excluding carboxylic acids is 1. The van der Waals surface area contributed by atoms with Crippen LogP contribution in [0.4, 0.5) is 0 Å². The molecule has 0 radical (unpaired) electrons. The first-order valence-corrected chi connectivity index (χ1v) is 6.26. The summed E-state index contributed by atoms with van der Waals surface area (Å²) in [7, 11) is -0.913. The first kappa shape index (κ1) is 11.9. The van der Waals surface area contributed by atoms with Gasteiger partial charge in [0, 0.05) is 0 Å². The van der Waals surface area contributed by atoms with Gasteiger partial charge in [-0.15, -0.1) is 0 Å². The van der Waals surface area contributed by atoms with E-state index in [9.17, 15) is 9.82 Å². The molecule has 2 N–H and O–H groups in total. The highest BCUT2D eigenvalue weighted by molar-refractivity contribution is 6.45. The molecular weight excluding hydrogens is 205 g/mol. The second kappa shape index (κ2) is 4.76. The number of hydrogen-bond donors (Lipinski definition) is 2. The fourth-order valence-corrected chi connectivity index (χ4v) is 2.82. The summed E-state index contributed by atoms with van der Waals surface area (Å²) in [5.74, 6) is 0.289. The van der Waals surface area contributed by atoms with Gasteiger partial charge in [-0.25, -0.2) is 0 Å². The molecule has 2 atom stereocenters. The number of nitrogens with one attached hydrogen (secondary N) is 1. The molecule has 90 valence electrons. The standard InChI is InChI=1S/C11H20BNO3/c1-9-4-7-13-11(8-9)5-2-3-6-12(15)16-10(11)14/h9,13,15H,2-8H2,1H3/t9-,11+/m0/s1. The molecule has 0 aliphatic carbocycles. The molecule has 2 saturated heterocycles. The molecule has 0 aromatic carbocycles. The molecule has 0 aromatic heterocycles. The molecule has 0 aromatic rings. The van der Waals surface area contributed by atoms with Gasteiger partial charge in [-0.1, -0.05) is 19.8 Å². The summed E-state index contributed by atoms with van der Waals surface area (Å²) in [6, 6.07) is 0. The van der Waals surface area contributed by atoms with Crippen LogP contribution in [0, 0.1) is 5.92 Å². The van der Waals surface area contributed by atoms with Crippen molar-refractivity contribution in [3.05, 3.63) is 0 Å². The average molecular weight is 225 g/mol. The second-order valence-corrected chi connectivity index (χ2v) is 5.21. The predicted molar refractivity (Wildman–Crippen MR) is 61.9 cm³/mol. The van der Waals surface area contributed by atoms with E-state index in [0.717, 1.165) is 38.6 Å². The summed E-state index contributed by atoms with van der Waals surface area (Å²) in [5.41, 5.74) is -0.529. The van der Waals surface area contributed by atoms with Crippen LogP contribution in [-0.2, 0) is 9.45 Å². The zero-order valence-corrected chi connectivity index (χ0v) is 9.87. The van der Waals surface area contributed by atoms with E-state index in [1.165, 1.54) is 0 Å². The van der Waals surface area contributed by atoms with Crippen LogP contribution >= 0.6 is 0 Å². The number of carbonyl (C=O) groups is 1. The van der Waals surface area contributed by atoms with Crippen molar-refractivity contribution in [2.24, 2.45) is 5.92 Å². The quantitative estimate of drug-likeness (QED) is 0.602. The smallest absolute Gasteiger partial charge is 0.508 e. The lowest BCUT2D eigenvalue weighted by Gasteiger charge is -2.40. The highest BCUT2D eigenvalue weighted by Crippen LogP contribution is 2.32. The van der Waals surface area contributed by atoms with Gasteiger partial charge in [-0.05, 0) is 38.0 Å². The Kier molecular flexibility index (Phi) is 3.55. The molecule has 0 unspecified atom stereocenters. The summed E-state index contributed by atoms with van der Waals surface area (Å²) in [6.45, 7) is 3.04. The topological polar surface area (TPSA) is 58.6 Å². The Hall–Kier alpha value is -0.545.